The van der Waals surface area contributed by atoms with Gasteiger partial charge >= 0.3 is 6.09 Å². The molecular formula is C36H49N7O4. The molecule has 252 valence electrons. The van der Waals surface area contributed by atoms with Crippen molar-refractivity contribution in [1.82, 2.24) is 35.9 Å². The van der Waals surface area contributed by atoms with Crippen LogP contribution in [0.5, 0.6) is 0 Å². The van der Waals surface area contributed by atoms with Gasteiger partial charge in [0.05, 0.1) is 43.5 Å². The molecule has 0 aliphatic heterocycles. The van der Waals surface area contributed by atoms with E-state index in [1.807, 2.05) is 52.0 Å². The third kappa shape index (κ3) is 10.6. The molecule has 0 aliphatic rings. The van der Waals surface area contributed by atoms with Gasteiger partial charge in [-0.15, -0.1) is 0 Å². The van der Waals surface area contributed by atoms with Gasteiger partial charge in [0.1, 0.15) is 17.7 Å². The summed E-state index contributed by atoms with van der Waals surface area (Å²) in [7, 11) is 1.27. The van der Waals surface area contributed by atoms with Crippen molar-refractivity contribution in [1.29, 1.82) is 0 Å². The van der Waals surface area contributed by atoms with Crippen molar-refractivity contribution in [3.05, 3.63) is 72.6 Å². The molecule has 2 unspecified atom stereocenters. The summed E-state index contributed by atoms with van der Waals surface area (Å²) < 4.78 is 4.64. The number of nitrogens with one attached hydrogen (secondary N) is 5. The summed E-state index contributed by atoms with van der Waals surface area (Å²) >= 11 is 0. The quantitative estimate of drug-likeness (QED) is 0.107. The molecule has 0 fully saturated rings. The minimum atomic E-state index is -0.707. The first-order valence-corrected chi connectivity index (χ1v) is 16.3. The summed E-state index contributed by atoms with van der Waals surface area (Å²) in [4.78, 5) is 51.9. The predicted octanol–water partition coefficient (Wildman–Crippen LogP) is 6.91. The third-order valence-electron chi connectivity index (χ3n) is 7.34. The Balaban J connectivity index is 0.00000192. The number of alkyl carbamates (subject to hydrolysis) is 1. The zero-order valence-electron chi connectivity index (χ0n) is 28.6. The molecule has 11 heteroatoms. The first kappa shape index (κ1) is 36.5. The first-order chi connectivity index (χ1) is 22.6. The van der Waals surface area contributed by atoms with Crippen LogP contribution in [0.3, 0.4) is 0 Å². The first-order valence-electron chi connectivity index (χ1n) is 16.3. The smallest absolute Gasteiger partial charge is 0.407 e. The van der Waals surface area contributed by atoms with Crippen molar-refractivity contribution < 1.29 is 19.1 Å². The maximum absolute atomic E-state index is 12.9. The molecule has 0 bridgehead atoms. The van der Waals surface area contributed by atoms with Gasteiger partial charge in [-0.05, 0) is 41.0 Å². The molecule has 2 heterocycles. The van der Waals surface area contributed by atoms with Crippen LogP contribution in [0.1, 0.15) is 84.9 Å². The highest BCUT2D eigenvalue weighted by Gasteiger charge is 2.26. The monoisotopic (exact) mass is 643 g/mol. The van der Waals surface area contributed by atoms with Gasteiger partial charge in [0.2, 0.25) is 11.8 Å². The van der Waals surface area contributed by atoms with Crippen LogP contribution >= 0.6 is 0 Å². The number of hydrogen-bond donors (Lipinski definition) is 5. The maximum Gasteiger partial charge on any atom is 0.407 e. The Labute approximate surface area is 277 Å². The van der Waals surface area contributed by atoms with E-state index in [-0.39, 0.29) is 23.8 Å². The number of imidazole rings is 2. The zero-order valence-corrected chi connectivity index (χ0v) is 28.6. The highest BCUT2D eigenvalue weighted by molar-refractivity contribution is 5.85. The molecule has 4 rings (SSSR count). The summed E-state index contributed by atoms with van der Waals surface area (Å²) in [5.74, 6) is 1.14. The lowest BCUT2D eigenvalue weighted by atomic mass is 10.0. The van der Waals surface area contributed by atoms with Gasteiger partial charge < -0.3 is 30.7 Å². The fourth-order valence-corrected chi connectivity index (χ4v) is 4.78. The molecule has 0 spiro atoms. The molecule has 3 amide bonds. The summed E-state index contributed by atoms with van der Waals surface area (Å²) in [6, 6.07) is 15.3. The van der Waals surface area contributed by atoms with E-state index in [0.29, 0.717) is 31.0 Å². The van der Waals surface area contributed by atoms with Crippen LogP contribution in [-0.2, 0) is 20.9 Å². The topological polar surface area (TPSA) is 154 Å². The molecule has 11 nitrogen and oxygen atoms in total. The van der Waals surface area contributed by atoms with Crippen LogP contribution in [0.4, 0.5) is 4.79 Å². The minimum Gasteiger partial charge on any atom is -0.453 e. The second-order valence-electron chi connectivity index (χ2n) is 11.6. The van der Waals surface area contributed by atoms with E-state index in [1.165, 1.54) is 13.5 Å². The van der Waals surface area contributed by atoms with Gasteiger partial charge in [-0.3, -0.25) is 9.59 Å². The molecule has 4 aromatic rings. The number of aromatic amines is 2. The average molecular weight is 644 g/mol. The van der Waals surface area contributed by atoms with Crippen molar-refractivity contribution in [3.63, 3.8) is 0 Å². The van der Waals surface area contributed by atoms with Gasteiger partial charge in [-0.1, -0.05) is 96.5 Å². The Bertz CT molecular complexity index is 1560. The Kier molecular flexibility index (Phi) is 14.2. The number of H-pyrrole nitrogens is 2. The van der Waals surface area contributed by atoms with Crippen LogP contribution in [0.2, 0.25) is 0 Å². The Morgan fingerprint density at radius 3 is 1.83 bits per heavy atom. The second-order valence-corrected chi connectivity index (χ2v) is 11.6. The number of nitrogens with zero attached hydrogens (tertiary/aromatic N) is 2. The van der Waals surface area contributed by atoms with Gasteiger partial charge in [0, 0.05) is 6.42 Å². The minimum absolute atomic E-state index is 0.0222. The maximum atomic E-state index is 12.9. The Morgan fingerprint density at radius 2 is 1.32 bits per heavy atom. The largest absolute Gasteiger partial charge is 0.453 e. The van der Waals surface area contributed by atoms with Crippen molar-refractivity contribution in [2.75, 3.05) is 7.11 Å². The molecule has 2 aromatic heterocycles. The molecule has 0 saturated carbocycles. The van der Waals surface area contributed by atoms with Crippen LogP contribution < -0.4 is 16.0 Å². The number of hydrogen-bond acceptors (Lipinski definition) is 6. The van der Waals surface area contributed by atoms with Crippen molar-refractivity contribution in [2.45, 2.75) is 85.9 Å². The van der Waals surface area contributed by atoms with Gasteiger partial charge in [-0.2, -0.15) is 0 Å². The van der Waals surface area contributed by atoms with E-state index in [1.54, 1.807) is 12.4 Å². The predicted molar refractivity (Wildman–Crippen MR) is 185 cm³/mol. The average Bonchev–Trinajstić information content (AvgIpc) is 3.76. The van der Waals surface area contributed by atoms with Gasteiger partial charge in [-0.25, -0.2) is 14.8 Å². The molecule has 2 atom stereocenters. The Hall–Kier alpha value is -4.93. The SMILES string of the molecule is CCC.CCCC(=O)NCc1ncc(-c2ccc(-c3ccc(-c4cnc(C(NC(=O)C(CC)NC(=O)OC)C(C)C)[nH]4)cc3)cc2)[nH]1. The second kappa shape index (κ2) is 18.3. The third-order valence-corrected chi connectivity index (χ3v) is 7.34. The summed E-state index contributed by atoms with van der Waals surface area (Å²) in [6.45, 7) is 12.4. The van der Waals surface area contributed by atoms with Crippen molar-refractivity contribution in [3.8, 4) is 33.6 Å². The highest BCUT2D eigenvalue weighted by atomic mass is 16.5. The normalized spacial score (nSPS) is 12.0. The molecule has 0 aliphatic carbocycles. The highest BCUT2D eigenvalue weighted by Crippen LogP contribution is 2.28. The number of benzene rings is 2. The number of methoxy groups -OCH3 is 1. The van der Waals surface area contributed by atoms with E-state index >= 15 is 0 Å². The number of amides is 3. The molecule has 47 heavy (non-hydrogen) atoms. The van der Waals surface area contributed by atoms with Crippen molar-refractivity contribution in [2.24, 2.45) is 5.92 Å². The Morgan fingerprint density at radius 1 is 0.787 bits per heavy atom. The number of ether oxygens (including phenoxy) is 1. The molecule has 5 N–H and O–H groups in total. The number of carbonyl (C=O) groups excluding carboxylic acids is 3. The fraction of sp³-hybridized carbons (Fsp3) is 0.417. The number of carbonyl (C=O) groups is 3. The number of rotatable bonds is 13. The lowest BCUT2D eigenvalue weighted by Gasteiger charge is -2.23. The molecule has 2 aromatic carbocycles. The van der Waals surface area contributed by atoms with Crippen LogP contribution in [0.15, 0.2) is 60.9 Å². The van der Waals surface area contributed by atoms with E-state index in [2.05, 4.69) is 78.7 Å². The van der Waals surface area contributed by atoms with Gasteiger partial charge in [0.25, 0.3) is 0 Å². The van der Waals surface area contributed by atoms with E-state index in [9.17, 15) is 14.4 Å². The zero-order chi connectivity index (χ0) is 34.3. The number of aromatic nitrogens is 4. The lowest BCUT2D eigenvalue weighted by molar-refractivity contribution is -0.124. The fourth-order valence-electron chi connectivity index (χ4n) is 4.78. The van der Waals surface area contributed by atoms with Crippen LogP contribution in [0, 0.1) is 5.92 Å². The van der Waals surface area contributed by atoms with Crippen LogP contribution in [0.25, 0.3) is 33.6 Å². The van der Waals surface area contributed by atoms with E-state index < -0.39 is 12.1 Å². The lowest BCUT2D eigenvalue weighted by Crippen LogP contribution is -2.48. The van der Waals surface area contributed by atoms with Crippen molar-refractivity contribution >= 4 is 17.9 Å². The van der Waals surface area contributed by atoms with E-state index in [4.69, 9.17) is 0 Å². The summed E-state index contributed by atoms with van der Waals surface area (Å²) in [5, 5.41) is 8.45. The summed E-state index contributed by atoms with van der Waals surface area (Å²) in [6.07, 6.45) is 5.89. The van der Waals surface area contributed by atoms with Gasteiger partial charge in [0.15, 0.2) is 0 Å². The standard InChI is InChI=1S/C33H41N7O4.C3H8/c1-6-8-29(41)35-19-28-34-17-26(37-28)23-13-9-21(10-14-23)22-11-15-24(16-12-22)27-18-36-31(38-27)30(20(3)4)40-32(42)25(7-2)39-33(43)44-5;1-3-2/h9-18,20,25,30H,6-8,19H2,1-5H3,(H,34,37)(H,35,41)(H,36,38)(H,39,43)(H,40,42);3H2,1-2H3. The summed E-state index contributed by atoms with van der Waals surface area (Å²) in [5.41, 5.74) is 5.84. The van der Waals surface area contributed by atoms with E-state index in [0.717, 1.165) is 40.1 Å². The molecular weight excluding hydrogens is 594 g/mol. The van der Waals surface area contributed by atoms with Crippen LogP contribution in [-0.4, -0.2) is 51.0 Å². The molecule has 0 saturated heterocycles. The molecule has 0 radical (unpaired) electrons.